The number of aryl methyl sites for hydroxylation is 1. The highest BCUT2D eigenvalue weighted by Gasteiger charge is 2.61. The molecular weight excluding hydrogens is 348 g/mol. The van der Waals surface area contributed by atoms with E-state index in [-0.39, 0.29) is 11.2 Å². The molecule has 2 saturated carbocycles. The third-order valence-electron chi connectivity index (χ3n) is 8.46. The van der Waals surface area contributed by atoms with Crippen LogP contribution in [0.2, 0.25) is 0 Å². The van der Waals surface area contributed by atoms with Crippen molar-refractivity contribution in [1.29, 1.82) is 0 Å². The lowest BCUT2D eigenvalue weighted by Gasteiger charge is -2.53. The highest BCUT2D eigenvalue weighted by molar-refractivity contribution is 5.40. The highest BCUT2D eigenvalue weighted by atomic mass is 16.3. The van der Waals surface area contributed by atoms with Crippen molar-refractivity contribution in [1.82, 2.24) is 0 Å². The van der Waals surface area contributed by atoms with E-state index in [1.165, 1.54) is 11.1 Å². The van der Waals surface area contributed by atoms with Crippen LogP contribution >= 0.6 is 0 Å². The van der Waals surface area contributed by atoms with E-state index in [9.17, 15) is 15.3 Å². The van der Waals surface area contributed by atoms with E-state index in [1.807, 2.05) is 24.3 Å². The van der Waals surface area contributed by atoms with Crippen LogP contribution in [-0.2, 0) is 12.8 Å². The first-order chi connectivity index (χ1) is 13.4. The minimum atomic E-state index is -0.672. The van der Waals surface area contributed by atoms with E-state index >= 15 is 0 Å². The fourth-order valence-corrected chi connectivity index (χ4v) is 6.92. The molecule has 3 unspecified atom stereocenters. The first-order valence-corrected chi connectivity index (χ1v) is 10.7. The molecule has 3 nitrogen and oxygen atoms in total. The molecule has 3 aliphatic rings. The number of hydrogen-bond donors (Lipinski definition) is 3. The fourth-order valence-electron chi connectivity index (χ4n) is 6.92. The van der Waals surface area contributed by atoms with Crippen LogP contribution in [0, 0.1) is 17.3 Å². The summed E-state index contributed by atoms with van der Waals surface area (Å²) < 4.78 is 0. The van der Waals surface area contributed by atoms with Crippen LogP contribution in [0.3, 0.4) is 0 Å². The van der Waals surface area contributed by atoms with Crippen molar-refractivity contribution in [2.45, 2.75) is 63.4 Å². The molecule has 0 saturated heterocycles. The molecular formula is C25H30O3. The Kier molecular flexibility index (Phi) is 4.03. The predicted molar refractivity (Wildman–Crippen MR) is 109 cm³/mol. The van der Waals surface area contributed by atoms with Gasteiger partial charge in [0.1, 0.15) is 11.5 Å². The van der Waals surface area contributed by atoms with Crippen molar-refractivity contribution >= 4 is 0 Å². The molecule has 0 radical (unpaired) electrons. The maximum absolute atomic E-state index is 11.8. The van der Waals surface area contributed by atoms with E-state index in [4.69, 9.17) is 0 Å². The van der Waals surface area contributed by atoms with E-state index in [1.54, 1.807) is 12.1 Å². The number of aliphatic hydroxyl groups is 1. The summed E-state index contributed by atoms with van der Waals surface area (Å²) in [7, 11) is 0. The van der Waals surface area contributed by atoms with Gasteiger partial charge in [-0.25, -0.2) is 0 Å². The topological polar surface area (TPSA) is 60.7 Å². The van der Waals surface area contributed by atoms with Gasteiger partial charge < -0.3 is 15.3 Å². The molecule has 2 aromatic rings. The van der Waals surface area contributed by atoms with Crippen LogP contribution in [0.1, 0.15) is 61.6 Å². The Bertz CT molecular complexity index is 889. The molecule has 3 N–H and O–H groups in total. The van der Waals surface area contributed by atoms with Gasteiger partial charge in [-0.1, -0.05) is 25.1 Å². The van der Waals surface area contributed by atoms with Gasteiger partial charge in [-0.05, 0) is 103 Å². The lowest BCUT2D eigenvalue weighted by atomic mass is 9.53. The Balaban J connectivity index is 1.44. The van der Waals surface area contributed by atoms with Crippen LogP contribution in [0.4, 0.5) is 0 Å². The molecule has 148 valence electrons. The molecule has 28 heavy (non-hydrogen) atoms. The van der Waals surface area contributed by atoms with Gasteiger partial charge in [-0.2, -0.15) is 0 Å². The van der Waals surface area contributed by atoms with Crippen molar-refractivity contribution in [3.8, 4) is 11.5 Å². The lowest BCUT2D eigenvalue weighted by molar-refractivity contribution is -0.102. The first-order valence-electron chi connectivity index (χ1n) is 10.7. The summed E-state index contributed by atoms with van der Waals surface area (Å²) in [6, 6.07) is 13.3. The zero-order chi connectivity index (χ0) is 19.5. The third kappa shape index (κ3) is 2.59. The summed E-state index contributed by atoms with van der Waals surface area (Å²) in [6.45, 7) is 2.33. The van der Waals surface area contributed by atoms with Gasteiger partial charge in [0, 0.05) is 6.42 Å². The molecule has 3 aliphatic carbocycles. The van der Waals surface area contributed by atoms with Gasteiger partial charge in [0.15, 0.2) is 0 Å². The van der Waals surface area contributed by atoms with Crippen molar-refractivity contribution < 1.29 is 15.3 Å². The molecule has 0 bridgehead atoms. The third-order valence-corrected chi connectivity index (χ3v) is 8.46. The summed E-state index contributed by atoms with van der Waals surface area (Å²) in [5.74, 6) is 2.40. The van der Waals surface area contributed by atoms with Crippen LogP contribution < -0.4 is 0 Å². The number of aromatic hydroxyl groups is 2. The Labute approximate surface area is 167 Å². The van der Waals surface area contributed by atoms with Crippen molar-refractivity contribution in [3.63, 3.8) is 0 Å². The zero-order valence-corrected chi connectivity index (χ0v) is 16.6. The molecule has 0 spiro atoms. The van der Waals surface area contributed by atoms with E-state index in [0.29, 0.717) is 29.9 Å². The summed E-state index contributed by atoms with van der Waals surface area (Å²) in [6.07, 6.45) is 6.99. The number of phenolic OH excluding ortho intramolecular Hbond substituents is 2. The number of rotatable bonds is 2. The molecule has 2 fully saturated rings. The normalized spacial score (nSPS) is 36.4. The SMILES string of the molecule is C[C@]12CCC3c4ccc(O)cc4CCC3C1CC[C@@]2(O)Cc1ccc(O)cc1. The molecule has 2 aromatic carbocycles. The second kappa shape index (κ2) is 6.25. The molecule has 5 rings (SSSR count). The monoisotopic (exact) mass is 378 g/mol. The van der Waals surface area contributed by atoms with Crippen molar-refractivity contribution in [3.05, 3.63) is 59.2 Å². The molecule has 0 amide bonds. The second-order valence-electron chi connectivity index (χ2n) is 9.67. The largest absolute Gasteiger partial charge is 0.508 e. The second-order valence-corrected chi connectivity index (χ2v) is 9.67. The van der Waals surface area contributed by atoms with Gasteiger partial charge in [0.05, 0.1) is 5.60 Å². The molecule has 3 heteroatoms. The number of fused-ring (bicyclic) bond motifs is 5. The summed E-state index contributed by atoms with van der Waals surface area (Å²) in [5, 5.41) is 31.2. The smallest absolute Gasteiger partial charge is 0.115 e. The minimum Gasteiger partial charge on any atom is -0.508 e. The minimum absolute atomic E-state index is 0.0551. The van der Waals surface area contributed by atoms with Gasteiger partial charge in [0.2, 0.25) is 0 Å². The molecule has 0 aliphatic heterocycles. The maximum atomic E-state index is 11.8. The maximum Gasteiger partial charge on any atom is 0.115 e. The van der Waals surface area contributed by atoms with Crippen LogP contribution in [0.25, 0.3) is 0 Å². The average molecular weight is 379 g/mol. The summed E-state index contributed by atoms with van der Waals surface area (Å²) in [4.78, 5) is 0. The van der Waals surface area contributed by atoms with Crippen LogP contribution in [0.15, 0.2) is 42.5 Å². The molecule has 0 heterocycles. The Morgan fingerprint density at radius 3 is 2.46 bits per heavy atom. The fraction of sp³-hybridized carbons (Fsp3) is 0.520. The quantitative estimate of drug-likeness (QED) is 0.694. The first kappa shape index (κ1) is 18.1. The van der Waals surface area contributed by atoms with E-state index < -0.39 is 5.60 Å². The zero-order valence-electron chi connectivity index (χ0n) is 16.6. The average Bonchev–Trinajstić information content (AvgIpc) is 2.94. The van der Waals surface area contributed by atoms with Crippen molar-refractivity contribution in [2.75, 3.05) is 0 Å². The Hall–Kier alpha value is -2.00. The number of hydrogen-bond acceptors (Lipinski definition) is 3. The Morgan fingerprint density at radius 2 is 1.68 bits per heavy atom. The van der Waals surface area contributed by atoms with Crippen LogP contribution in [0.5, 0.6) is 11.5 Å². The number of phenols is 2. The van der Waals surface area contributed by atoms with Crippen molar-refractivity contribution in [2.24, 2.45) is 17.3 Å². The van der Waals surface area contributed by atoms with E-state index in [0.717, 1.165) is 44.1 Å². The van der Waals surface area contributed by atoms with Gasteiger partial charge >= 0.3 is 0 Å². The lowest BCUT2D eigenvalue weighted by Crippen LogP contribution is -2.51. The Morgan fingerprint density at radius 1 is 0.929 bits per heavy atom. The van der Waals surface area contributed by atoms with Gasteiger partial charge in [-0.3, -0.25) is 0 Å². The number of benzene rings is 2. The summed E-state index contributed by atoms with van der Waals surface area (Å²) in [5.41, 5.74) is 3.14. The van der Waals surface area contributed by atoms with Gasteiger partial charge in [0.25, 0.3) is 0 Å². The van der Waals surface area contributed by atoms with Crippen LogP contribution in [-0.4, -0.2) is 20.9 Å². The van der Waals surface area contributed by atoms with Gasteiger partial charge in [-0.15, -0.1) is 0 Å². The summed E-state index contributed by atoms with van der Waals surface area (Å²) >= 11 is 0. The standard InChI is InChI=1S/C25H30O3/c1-24-12-10-21-20-9-7-19(27)14-17(20)4-8-22(21)23(24)11-13-25(24,28)15-16-2-5-18(26)6-3-16/h2-3,5-7,9,14,21-23,26-28H,4,8,10-13,15H2,1H3/t21?,22?,23?,24-,25+/m0/s1. The predicted octanol–water partition coefficient (Wildman–Crippen LogP) is 4.93. The molecule has 0 aromatic heterocycles. The molecule has 5 atom stereocenters. The highest BCUT2D eigenvalue weighted by Crippen LogP contribution is 2.64. The van der Waals surface area contributed by atoms with E-state index in [2.05, 4.69) is 13.0 Å².